The molecule has 1 aromatic rings. The number of likely N-dealkylation sites (N-methyl/N-ethyl adjacent to an activating group) is 1. The van der Waals surface area contributed by atoms with Crippen LogP contribution in [0.2, 0.25) is 0 Å². The van der Waals surface area contributed by atoms with Gasteiger partial charge in [0, 0.05) is 6.04 Å². The second kappa shape index (κ2) is 4.76. The highest BCUT2D eigenvalue weighted by molar-refractivity contribution is 7.91. The number of likely N-dealkylation sites (tertiary alicyclic amines) is 1. The molecule has 2 atom stereocenters. The monoisotopic (exact) mass is 255 g/mol. The van der Waals surface area contributed by atoms with Gasteiger partial charge in [0.15, 0.2) is 9.84 Å². The van der Waals surface area contributed by atoms with E-state index in [1.165, 1.54) is 0 Å². The number of aliphatic hydroxyl groups is 1. The van der Waals surface area contributed by atoms with Crippen molar-refractivity contribution in [3.8, 4) is 0 Å². The number of hydrogen-bond donors (Lipinski definition) is 1. The Hall–Kier alpha value is -0.910. The van der Waals surface area contributed by atoms with Gasteiger partial charge in [0.2, 0.25) is 0 Å². The zero-order valence-electron chi connectivity index (χ0n) is 9.78. The molecule has 1 aliphatic heterocycles. The van der Waals surface area contributed by atoms with Gasteiger partial charge in [-0.15, -0.1) is 0 Å². The van der Waals surface area contributed by atoms with Crippen molar-refractivity contribution in [2.45, 2.75) is 23.5 Å². The van der Waals surface area contributed by atoms with E-state index < -0.39 is 15.9 Å². The minimum Gasteiger partial charge on any atom is -0.390 e. The van der Waals surface area contributed by atoms with Crippen molar-refractivity contribution in [1.29, 1.82) is 0 Å². The van der Waals surface area contributed by atoms with Gasteiger partial charge in [-0.05, 0) is 32.1 Å². The fraction of sp³-hybridized carbons (Fsp3) is 0.500. The largest absolute Gasteiger partial charge is 0.390 e. The summed E-state index contributed by atoms with van der Waals surface area (Å²) in [4.78, 5) is 2.26. The van der Waals surface area contributed by atoms with Crippen LogP contribution in [0.1, 0.15) is 6.42 Å². The first kappa shape index (κ1) is 12.5. The fourth-order valence-electron chi connectivity index (χ4n) is 2.08. The number of nitrogens with zero attached hydrogens (tertiary/aromatic N) is 1. The van der Waals surface area contributed by atoms with Crippen molar-refractivity contribution < 1.29 is 13.5 Å². The van der Waals surface area contributed by atoms with Gasteiger partial charge in [-0.2, -0.15) is 0 Å². The molecule has 1 unspecified atom stereocenters. The van der Waals surface area contributed by atoms with E-state index >= 15 is 0 Å². The Morgan fingerprint density at radius 3 is 2.53 bits per heavy atom. The molecule has 0 aliphatic carbocycles. The smallest absolute Gasteiger partial charge is 0.180 e. The van der Waals surface area contributed by atoms with Crippen LogP contribution in [-0.2, 0) is 9.84 Å². The van der Waals surface area contributed by atoms with E-state index in [1.54, 1.807) is 30.3 Å². The quantitative estimate of drug-likeness (QED) is 0.852. The molecule has 5 heteroatoms. The Labute approximate surface area is 102 Å². The lowest BCUT2D eigenvalue weighted by Crippen LogP contribution is -2.53. The van der Waals surface area contributed by atoms with Gasteiger partial charge in [-0.25, -0.2) is 8.42 Å². The lowest BCUT2D eigenvalue weighted by molar-refractivity contribution is 0.0151. The Kier molecular flexibility index (Phi) is 3.51. The summed E-state index contributed by atoms with van der Waals surface area (Å²) in [7, 11) is -1.49. The Balaban J connectivity index is 2.08. The topological polar surface area (TPSA) is 57.6 Å². The molecular formula is C12H17NO3S. The van der Waals surface area contributed by atoms with Crippen LogP contribution in [0.25, 0.3) is 0 Å². The summed E-state index contributed by atoms with van der Waals surface area (Å²) in [6.07, 6.45) is 0.0565. The molecule has 0 radical (unpaired) electrons. The molecule has 1 heterocycles. The van der Waals surface area contributed by atoms with Crippen LogP contribution in [-0.4, -0.2) is 49.9 Å². The zero-order chi connectivity index (χ0) is 12.5. The summed E-state index contributed by atoms with van der Waals surface area (Å²) < 4.78 is 24.0. The molecule has 1 aromatic carbocycles. The highest BCUT2D eigenvalue weighted by Gasteiger charge is 2.34. The molecule has 17 heavy (non-hydrogen) atoms. The summed E-state index contributed by atoms with van der Waals surface area (Å²) in [5.74, 6) is -0.202. The molecule has 0 spiro atoms. The van der Waals surface area contributed by atoms with Crippen LogP contribution < -0.4 is 0 Å². The van der Waals surface area contributed by atoms with Crippen molar-refractivity contribution in [2.24, 2.45) is 0 Å². The predicted molar refractivity (Wildman–Crippen MR) is 65.5 cm³/mol. The van der Waals surface area contributed by atoms with Crippen LogP contribution in [0, 0.1) is 0 Å². The molecule has 1 aliphatic rings. The van der Waals surface area contributed by atoms with Crippen LogP contribution in [0.3, 0.4) is 0 Å². The lowest BCUT2D eigenvalue weighted by Gasteiger charge is -2.40. The maximum Gasteiger partial charge on any atom is 0.180 e. The second-order valence-electron chi connectivity index (χ2n) is 4.50. The molecule has 2 rings (SSSR count). The molecule has 0 saturated carbocycles. The molecule has 0 amide bonds. The van der Waals surface area contributed by atoms with Gasteiger partial charge in [-0.1, -0.05) is 18.2 Å². The van der Waals surface area contributed by atoms with E-state index in [1.807, 2.05) is 11.9 Å². The normalized spacial score (nSPS) is 23.1. The van der Waals surface area contributed by atoms with Gasteiger partial charge in [0.05, 0.1) is 16.8 Å². The number of hydrogen-bond acceptors (Lipinski definition) is 4. The Bertz CT molecular complexity index is 472. The molecule has 0 bridgehead atoms. The van der Waals surface area contributed by atoms with Gasteiger partial charge < -0.3 is 10.0 Å². The Morgan fingerprint density at radius 1 is 1.41 bits per heavy atom. The first-order valence-electron chi connectivity index (χ1n) is 5.67. The second-order valence-corrected chi connectivity index (χ2v) is 6.53. The van der Waals surface area contributed by atoms with Gasteiger partial charge in [0.25, 0.3) is 0 Å². The standard InChI is InChI=1S/C12H17NO3S/c1-13-8-7-11(13)12(14)9-17(15,16)10-5-3-2-4-6-10/h2-6,11-12,14H,7-9H2,1H3/t11?,12-/m0/s1. The summed E-state index contributed by atoms with van der Waals surface area (Å²) in [6.45, 7) is 0.924. The first-order valence-corrected chi connectivity index (χ1v) is 7.32. The van der Waals surface area contributed by atoms with Crippen LogP contribution in [0.15, 0.2) is 35.2 Å². The average Bonchev–Trinajstić information content (AvgIpc) is 2.27. The number of sulfone groups is 1. The third-order valence-electron chi connectivity index (χ3n) is 3.28. The lowest BCUT2D eigenvalue weighted by atomic mass is 10.00. The van der Waals surface area contributed by atoms with Gasteiger partial charge in [-0.3, -0.25) is 0 Å². The van der Waals surface area contributed by atoms with Crippen molar-refractivity contribution in [2.75, 3.05) is 19.3 Å². The Morgan fingerprint density at radius 2 is 2.06 bits per heavy atom. The van der Waals surface area contributed by atoms with E-state index in [0.717, 1.165) is 13.0 Å². The molecule has 1 saturated heterocycles. The summed E-state index contributed by atoms with van der Waals surface area (Å²) in [5.41, 5.74) is 0. The van der Waals surface area contributed by atoms with Crippen molar-refractivity contribution in [1.82, 2.24) is 4.90 Å². The average molecular weight is 255 g/mol. The SMILES string of the molecule is CN1CCC1[C@@H](O)CS(=O)(=O)c1ccccc1. The third kappa shape index (κ3) is 2.68. The highest BCUT2D eigenvalue weighted by atomic mass is 32.2. The highest BCUT2D eigenvalue weighted by Crippen LogP contribution is 2.21. The maximum absolute atomic E-state index is 12.0. The van der Waals surface area contributed by atoms with E-state index in [4.69, 9.17) is 0 Å². The number of benzene rings is 1. The molecule has 1 N–H and O–H groups in total. The van der Waals surface area contributed by atoms with Crippen LogP contribution in [0.4, 0.5) is 0 Å². The van der Waals surface area contributed by atoms with Crippen LogP contribution in [0.5, 0.6) is 0 Å². The van der Waals surface area contributed by atoms with Crippen molar-refractivity contribution >= 4 is 9.84 Å². The van der Waals surface area contributed by atoms with Gasteiger partial charge >= 0.3 is 0 Å². The van der Waals surface area contributed by atoms with Crippen LogP contribution >= 0.6 is 0 Å². The predicted octanol–water partition coefficient (Wildman–Crippen LogP) is 0.525. The summed E-state index contributed by atoms with van der Waals surface area (Å²) in [5, 5.41) is 9.92. The maximum atomic E-state index is 12.0. The number of rotatable bonds is 4. The van der Waals surface area contributed by atoms with Crippen molar-refractivity contribution in [3.05, 3.63) is 30.3 Å². The van der Waals surface area contributed by atoms with E-state index in [2.05, 4.69) is 0 Å². The molecular weight excluding hydrogens is 238 g/mol. The molecule has 94 valence electrons. The first-order chi connectivity index (χ1) is 8.00. The number of aliphatic hydroxyl groups excluding tert-OH is 1. The third-order valence-corrected chi connectivity index (χ3v) is 5.05. The fourth-order valence-corrected chi connectivity index (χ4v) is 3.52. The van der Waals surface area contributed by atoms with E-state index in [0.29, 0.717) is 0 Å². The summed E-state index contributed by atoms with van der Waals surface area (Å²) >= 11 is 0. The van der Waals surface area contributed by atoms with E-state index in [-0.39, 0.29) is 16.7 Å². The molecule has 1 fully saturated rings. The van der Waals surface area contributed by atoms with Crippen molar-refractivity contribution in [3.63, 3.8) is 0 Å². The zero-order valence-corrected chi connectivity index (χ0v) is 10.6. The minimum absolute atomic E-state index is 0.0199. The summed E-state index contributed by atoms with van der Waals surface area (Å²) in [6, 6.07) is 8.26. The molecule has 0 aromatic heterocycles. The minimum atomic E-state index is -3.38. The van der Waals surface area contributed by atoms with Gasteiger partial charge in [0.1, 0.15) is 0 Å². The molecule has 4 nitrogen and oxygen atoms in total. The van der Waals surface area contributed by atoms with E-state index in [9.17, 15) is 13.5 Å².